The van der Waals surface area contributed by atoms with Crippen LogP contribution in [0.4, 0.5) is 5.69 Å². The van der Waals surface area contributed by atoms with Crippen molar-refractivity contribution in [3.8, 4) is 0 Å². The van der Waals surface area contributed by atoms with E-state index in [1.54, 1.807) is 0 Å². The molecule has 0 amide bonds. The summed E-state index contributed by atoms with van der Waals surface area (Å²) in [5.41, 5.74) is 4.98. The molecular formula is C20H19N. The van der Waals surface area contributed by atoms with Gasteiger partial charge in [-0.1, -0.05) is 78.9 Å². The maximum Gasteiger partial charge on any atom is 0.0767 e. The van der Waals surface area contributed by atoms with Crippen LogP contribution in [0.25, 0.3) is 0 Å². The van der Waals surface area contributed by atoms with Crippen molar-refractivity contribution >= 4 is 5.69 Å². The van der Waals surface area contributed by atoms with E-state index in [4.69, 9.17) is 0 Å². The van der Waals surface area contributed by atoms with E-state index in [1.807, 2.05) is 0 Å². The first-order valence-electron chi connectivity index (χ1n) is 7.26. The quantitative estimate of drug-likeness (QED) is 0.689. The Kier molecular flexibility index (Phi) is 4.02. The van der Waals surface area contributed by atoms with E-state index in [9.17, 15) is 0 Å². The number of aryl methyl sites for hydroxylation is 1. The van der Waals surface area contributed by atoms with Crippen LogP contribution in [0.3, 0.4) is 0 Å². The van der Waals surface area contributed by atoms with Crippen molar-refractivity contribution in [3.05, 3.63) is 102 Å². The van der Waals surface area contributed by atoms with Crippen LogP contribution in [-0.4, -0.2) is 0 Å². The molecule has 104 valence electrons. The Bertz CT molecular complexity index is 650. The van der Waals surface area contributed by atoms with Crippen molar-refractivity contribution < 1.29 is 0 Å². The summed E-state index contributed by atoms with van der Waals surface area (Å²) < 4.78 is 0. The van der Waals surface area contributed by atoms with E-state index in [0.717, 1.165) is 0 Å². The molecule has 0 aliphatic rings. The van der Waals surface area contributed by atoms with E-state index in [-0.39, 0.29) is 6.04 Å². The first kappa shape index (κ1) is 13.4. The maximum absolute atomic E-state index is 3.68. The van der Waals surface area contributed by atoms with Gasteiger partial charge < -0.3 is 5.32 Å². The number of rotatable bonds is 4. The van der Waals surface area contributed by atoms with E-state index in [0.29, 0.717) is 0 Å². The molecule has 0 fully saturated rings. The summed E-state index contributed by atoms with van der Waals surface area (Å²) >= 11 is 0. The highest BCUT2D eigenvalue weighted by molar-refractivity contribution is 5.54. The van der Waals surface area contributed by atoms with Crippen molar-refractivity contribution in [1.29, 1.82) is 0 Å². The zero-order valence-electron chi connectivity index (χ0n) is 12.2. The Morgan fingerprint density at radius 1 is 0.619 bits per heavy atom. The van der Waals surface area contributed by atoms with Crippen LogP contribution in [0.5, 0.6) is 0 Å². The number of hydrogen-bond donors (Lipinski definition) is 1. The summed E-state index contributed by atoms with van der Waals surface area (Å²) in [6.07, 6.45) is 0. The predicted octanol–water partition coefficient (Wildman–Crippen LogP) is 5.20. The molecule has 0 atom stereocenters. The molecule has 0 bridgehead atoms. The summed E-state index contributed by atoms with van der Waals surface area (Å²) in [4.78, 5) is 0. The minimum absolute atomic E-state index is 0.161. The van der Waals surface area contributed by atoms with Crippen LogP contribution in [0.15, 0.2) is 84.9 Å². The lowest BCUT2D eigenvalue weighted by Crippen LogP contribution is -2.12. The number of hydrogen-bond acceptors (Lipinski definition) is 1. The van der Waals surface area contributed by atoms with Crippen molar-refractivity contribution in [3.63, 3.8) is 0 Å². The Hall–Kier alpha value is -2.54. The SMILES string of the molecule is Cc1ccccc1NC(c1ccccc1)c1ccccc1. The second-order valence-electron chi connectivity index (χ2n) is 5.21. The highest BCUT2D eigenvalue weighted by atomic mass is 14.9. The molecule has 3 aromatic carbocycles. The van der Waals surface area contributed by atoms with Gasteiger partial charge in [0, 0.05) is 5.69 Å². The van der Waals surface area contributed by atoms with Crippen LogP contribution in [0.2, 0.25) is 0 Å². The van der Waals surface area contributed by atoms with E-state index in [1.165, 1.54) is 22.4 Å². The molecule has 21 heavy (non-hydrogen) atoms. The van der Waals surface area contributed by atoms with E-state index in [2.05, 4.69) is 97.2 Å². The van der Waals surface area contributed by atoms with Gasteiger partial charge in [0.25, 0.3) is 0 Å². The Morgan fingerprint density at radius 3 is 1.62 bits per heavy atom. The second kappa shape index (κ2) is 6.27. The van der Waals surface area contributed by atoms with Crippen molar-refractivity contribution in [2.75, 3.05) is 5.32 Å². The molecule has 0 radical (unpaired) electrons. The van der Waals surface area contributed by atoms with Gasteiger partial charge in [0.2, 0.25) is 0 Å². The molecule has 1 heteroatoms. The third-order valence-electron chi connectivity index (χ3n) is 3.71. The average Bonchev–Trinajstić information content (AvgIpc) is 2.56. The Balaban J connectivity index is 1.99. The summed E-state index contributed by atoms with van der Waals surface area (Å²) in [5.74, 6) is 0. The second-order valence-corrected chi connectivity index (χ2v) is 5.21. The highest BCUT2D eigenvalue weighted by Crippen LogP contribution is 2.27. The van der Waals surface area contributed by atoms with Gasteiger partial charge in [-0.05, 0) is 29.7 Å². The van der Waals surface area contributed by atoms with Gasteiger partial charge in [0.1, 0.15) is 0 Å². The summed E-state index contributed by atoms with van der Waals surface area (Å²) in [6.45, 7) is 2.13. The van der Waals surface area contributed by atoms with Gasteiger partial charge >= 0.3 is 0 Å². The highest BCUT2D eigenvalue weighted by Gasteiger charge is 2.14. The van der Waals surface area contributed by atoms with Crippen molar-refractivity contribution in [1.82, 2.24) is 0 Å². The third kappa shape index (κ3) is 3.14. The van der Waals surface area contributed by atoms with Crippen LogP contribution < -0.4 is 5.32 Å². The number of anilines is 1. The number of benzene rings is 3. The summed E-state index contributed by atoms with van der Waals surface area (Å²) in [5, 5.41) is 3.68. The fraction of sp³-hybridized carbons (Fsp3) is 0.100. The summed E-state index contributed by atoms with van der Waals surface area (Å²) in [7, 11) is 0. The molecule has 1 nitrogen and oxygen atoms in total. The molecule has 3 aromatic rings. The summed E-state index contributed by atoms with van der Waals surface area (Å²) in [6, 6.07) is 29.7. The standard InChI is InChI=1S/C20H19N/c1-16-10-8-9-15-19(16)21-20(17-11-4-2-5-12-17)18-13-6-3-7-14-18/h2-15,20-21H,1H3. The molecule has 0 saturated carbocycles. The first-order chi connectivity index (χ1) is 10.3. The molecule has 0 aliphatic heterocycles. The van der Waals surface area contributed by atoms with Crippen molar-refractivity contribution in [2.24, 2.45) is 0 Å². The van der Waals surface area contributed by atoms with Crippen LogP contribution >= 0.6 is 0 Å². The third-order valence-corrected chi connectivity index (χ3v) is 3.71. The lowest BCUT2D eigenvalue weighted by molar-refractivity contribution is 0.936. The lowest BCUT2D eigenvalue weighted by atomic mass is 9.98. The zero-order valence-corrected chi connectivity index (χ0v) is 12.2. The van der Waals surface area contributed by atoms with Gasteiger partial charge in [0.15, 0.2) is 0 Å². The molecule has 0 aromatic heterocycles. The predicted molar refractivity (Wildman–Crippen MR) is 89.5 cm³/mol. The largest absolute Gasteiger partial charge is 0.374 e. The normalized spacial score (nSPS) is 10.6. The lowest BCUT2D eigenvalue weighted by Gasteiger charge is -2.22. The minimum Gasteiger partial charge on any atom is -0.374 e. The first-order valence-corrected chi connectivity index (χ1v) is 7.26. The fourth-order valence-electron chi connectivity index (χ4n) is 2.54. The molecule has 0 unspecified atom stereocenters. The zero-order chi connectivity index (χ0) is 14.5. The number of nitrogens with one attached hydrogen (secondary N) is 1. The van der Waals surface area contributed by atoms with Gasteiger partial charge in [0.05, 0.1) is 6.04 Å². The molecule has 1 N–H and O–H groups in total. The monoisotopic (exact) mass is 273 g/mol. The van der Waals surface area contributed by atoms with Gasteiger partial charge in [-0.2, -0.15) is 0 Å². The minimum atomic E-state index is 0.161. The van der Waals surface area contributed by atoms with Crippen LogP contribution in [0.1, 0.15) is 22.7 Å². The van der Waals surface area contributed by atoms with Crippen LogP contribution in [0, 0.1) is 6.92 Å². The molecule has 0 aliphatic carbocycles. The Labute approximate surface area is 126 Å². The fourth-order valence-corrected chi connectivity index (χ4v) is 2.54. The smallest absolute Gasteiger partial charge is 0.0767 e. The molecule has 0 heterocycles. The van der Waals surface area contributed by atoms with Gasteiger partial charge in [-0.3, -0.25) is 0 Å². The van der Waals surface area contributed by atoms with Gasteiger partial charge in [-0.15, -0.1) is 0 Å². The van der Waals surface area contributed by atoms with E-state index >= 15 is 0 Å². The number of para-hydroxylation sites is 1. The molecule has 0 spiro atoms. The maximum atomic E-state index is 3.68. The Morgan fingerprint density at radius 2 is 1.10 bits per heavy atom. The topological polar surface area (TPSA) is 12.0 Å². The molecule has 0 saturated heterocycles. The van der Waals surface area contributed by atoms with Crippen LogP contribution in [-0.2, 0) is 0 Å². The molecular weight excluding hydrogens is 254 g/mol. The van der Waals surface area contributed by atoms with Crippen molar-refractivity contribution in [2.45, 2.75) is 13.0 Å². The molecule has 3 rings (SSSR count). The van der Waals surface area contributed by atoms with E-state index < -0.39 is 0 Å². The van der Waals surface area contributed by atoms with Gasteiger partial charge in [-0.25, -0.2) is 0 Å². The average molecular weight is 273 g/mol.